The molecule has 0 aromatic heterocycles. The molecule has 2 unspecified atom stereocenters. The zero-order chi connectivity index (χ0) is 10.5. The highest BCUT2D eigenvalue weighted by Crippen LogP contribution is 2.30. The number of rotatable bonds is 5. The topological polar surface area (TPSA) is 26.0 Å². The summed E-state index contributed by atoms with van der Waals surface area (Å²) in [5.74, 6) is 2.07. The van der Waals surface area contributed by atoms with E-state index in [1.807, 2.05) is 11.8 Å². The molecule has 0 aliphatic carbocycles. The summed E-state index contributed by atoms with van der Waals surface area (Å²) in [6, 6.07) is 0. The molecule has 0 aromatic carbocycles. The fourth-order valence-electron chi connectivity index (χ4n) is 1.07. The quantitative estimate of drug-likeness (QED) is 0.743. The lowest BCUT2D eigenvalue weighted by Gasteiger charge is -2.29. The third-order valence-electron chi connectivity index (χ3n) is 2.46. The molecule has 13 heavy (non-hydrogen) atoms. The van der Waals surface area contributed by atoms with Crippen LogP contribution < -0.4 is 5.73 Å². The smallest absolute Gasteiger partial charge is 0.0218 e. The molecule has 0 rings (SSSR count). The second-order valence-corrected chi connectivity index (χ2v) is 6.17. The van der Waals surface area contributed by atoms with Gasteiger partial charge in [-0.25, -0.2) is 0 Å². The van der Waals surface area contributed by atoms with Crippen molar-refractivity contribution in [1.82, 2.24) is 0 Å². The molecule has 0 aliphatic heterocycles. The summed E-state index contributed by atoms with van der Waals surface area (Å²) >= 11 is 2.04. The standard InChI is InChI=1S/C11H25NS/c1-6-9(2)8-13-10(7-12)11(3,4)5/h9-10H,6-8,12H2,1-5H3. The van der Waals surface area contributed by atoms with Gasteiger partial charge in [-0.2, -0.15) is 11.8 Å². The van der Waals surface area contributed by atoms with Crippen LogP contribution in [0.15, 0.2) is 0 Å². The Labute approximate surface area is 87.9 Å². The summed E-state index contributed by atoms with van der Waals surface area (Å²) in [6.07, 6.45) is 1.27. The number of hydrogen-bond donors (Lipinski definition) is 1. The highest BCUT2D eigenvalue weighted by molar-refractivity contribution is 8.00. The van der Waals surface area contributed by atoms with Crippen molar-refractivity contribution in [3.8, 4) is 0 Å². The minimum absolute atomic E-state index is 0.340. The third kappa shape index (κ3) is 5.58. The first-order valence-corrected chi connectivity index (χ1v) is 6.28. The van der Waals surface area contributed by atoms with Gasteiger partial charge in [0.1, 0.15) is 0 Å². The van der Waals surface area contributed by atoms with E-state index in [4.69, 9.17) is 5.73 Å². The van der Waals surface area contributed by atoms with Crippen LogP contribution >= 0.6 is 11.8 Å². The number of hydrogen-bond acceptors (Lipinski definition) is 2. The van der Waals surface area contributed by atoms with E-state index in [2.05, 4.69) is 34.6 Å². The predicted molar refractivity (Wildman–Crippen MR) is 64.2 cm³/mol. The van der Waals surface area contributed by atoms with E-state index in [0.717, 1.165) is 12.5 Å². The SMILES string of the molecule is CCC(C)CSC(CN)C(C)(C)C. The van der Waals surface area contributed by atoms with E-state index in [1.165, 1.54) is 12.2 Å². The van der Waals surface area contributed by atoms with Crippen molar-refractivity contribution in [3.63, 3.8) is 0 Å². The Balaban J connectivity index is 3.86. The molecule has 0 amide bonds. The largest absolute Gasteiger partial charge is 0.329 e. The molecular weight excluding hydrogens is 178 g/mol. The van der Waals surface area contributed by atoms with Gasteiger partial charge in [0.25, 0.3) is 0 Å². The average Bonchev–Trinajstić information content (AvgIpc) is 2.02. The van der Waals surface area contributed by atoms with Gasteiger partial charge >= 0.3 is 0 Å². The minimum Gasteiger partial charge on any atom is -0.329 e. The van der Waals surface area contributed by atoms with Crippen molar-refractivity contribution in [2.24, 2.45) is 17.1 Å². The first-order chi connectivity index (χ1) is 5.91. The molecule has 0 aliphatic rings. The van der Waals surface area contributed by atoms with E-state index in [-0.39, 0.29) is 0 Å². The molecule has 0 radical (unpaired) electrons. The van der Waals surface area contributed by atoms with Crippen molar-refractivity contribution in [2.75, 3.05) is 12.3 Å². The molecule has 0 spiro atoms. The Hall–Kier alpha value is 0.310. The highest BCUT2D eigenvalue weighted by atomic mass is 32.2. The van der Waals surface area contributed by atoms with E-state index in [0.29, 0.717) is 10.7 Å². The first kappa shape index (κ1) is 13.3. The molecule has 80 valence electrons. The molecule has 0 saturated carbocycles. The summed E-state index contributed by atoms with van der Waals surface area (Å²) < 4.78 is 0. The predicted octanol–water partition coefficient (Wildman–Crippen LogP) is 3.14. The van der Waals surface area contributed by atoms with Gasteiger partial charge in [-0.15, -0.1) is 0 Å². The van der Waals surface area contributed by atoms with Crippen molar-refractivity contribution in [3.05, 3.63) is 0 Å². The van der Waals surface area contributed by atoms with Gasteiger partial charge < -0.3 is 5.73 Å². The van der Waals surface area contributed by atoms with Crippen molar-refractivity contribution < 1.29 is 0 Å². The van der Waals surface area contributed by atoms with Gasteiger partial charge in [0, 0.05) is 11.8 Å². The molecule has 2 heteroatoms. The fourth-order valence-corrected chi connectivity index (χ4v) is 2.50. The van der Waals surface area contributed by atoms with Crippen LogP contribution in [-0.2, 0) is 0 Å². The Bertz CT molecular complexity index is 129. The summed E-state index contributed by atoms with van der Waals surface area (Å²) in [4.78, 5) is 0. The maximum atomic E-state index is 5.77. The highest BCUT2D eigenvalue weighted by Gasteiger charge is 2.23. The van der Waals surface area contributed by atoms with E-state index in [9.17, 15) is 0 Å². The minimum atomic E-state index is 0.340. The van der Waals surface area contributed by atoms with Crippen LogP contribution in [0.2, 0.25) is 0 Å². The van der Waals surface area contributed by atoms with Gasteiger partial charge in [-0.05, 0) is 17.1 Å². The molecule has 1 nitrogen and oxygen atoms in total. The second-order valence-electron chi connectivity index (χ2n) is 4.94. The Kier molecular flexibility index (Phi) is 6.06. The van der Waals surface area contributed by atoms with Gasteiger partial charge in [0.15, 0.2) is 0 Å². The van der Waals surface area contributed by atoms with Crippen LogP contribution in [0.4, 0.5) is 0 Å². The second kappa shape index (κ2) is 5.92. The Morgan fingerprint density at radius 1 is 1.31 bits per heavy atom. The lowest BCUT2D eigenvalue weighted by Crippen LogP contribution is -2.31. The molecule has 0 heterocycles. The van der Waals surface area contributed by atoms with Gasteiger partial charge in [-0.3, -0.25) is 0 Å². The molecule has 0 aromatic rings. The monoisotopic (exact) mass is 203 g/mol. The third-order valence-corrected chi connectivity index (χ3v) is 4.52. The van der Waals surface area contributed by atoms with Crippen LogP contribution in [0.1, 0.15) is 41.0 Å². The summed E-state index contributed by atoms with van der Waals surface area (Å²) in [5, 5.41) is 0.599. The zero-order valence-corrected chi connectivity index (χ0v) is 10.6. The summed E-state index contributed by atoms with van der Waals surface area (Å²) in [6.45, 7) is 12.2. The van der Waals surface area contributed by atoms with Gasteiger partial charge in [-0.1, -0.05) is 41.0 Å². The normalized spacial score (nSPS) is 17.1. The lowest BCUT2D eigenvalue weighted by molar-refractivity contribution is 0.397. The maximum Gasteiger partial charge on any atom is 0.0218 e. The van der Waals surface area contributed by atoms with Crippen molar-refractivity contribution >= 4 is 11.8 Å². The molecule has 0 saturated heterocycles. The Morgan fingerprint density at radius 2 is 1.85 bits per heavy atom. The van der Waals surface area contributed by atoms with Crippen LogP contribution in [0.25, 0.3) is 0 Å². The average molecular weight is 203 g/mol. The van der Waals surface area contributed by atoms with Crippen molar-refractivity contribution in [2.45, 2.75) is 46.3 Å². The summed E-state index contributed by atoms with van der Waals surface area (Å²) in [5.41, 5.74) is 6.11. The molecule has 2 atom stereocenters. The zero-order valence-electron chi connectivity index (χ0n) is 9.76. The maximum absolute atomic E-state index is 5.77. The molecule has 0 fully saturated rings. The van der Waals surface area contributed by atoms with E-state index in [1.54, 1.807) is 0 Å². The number of thioether (sulfide) groups is 1. The van der Waals surface area contributed by atoms with Gasteiger partial charge in [0.2, 0.25) is 0 Å². The van der Waals surface area contributed by atoms with Crippen LogP contribution in [-0.4, -0.2) is 17.5 Å². The lowest BCUT2D eigenvalue weighted by atomic mass is 9.92. The van der Waals surface area contributed by atoms with E-state index < -0.39 is 0 Å². The Morgan fingerprint density at radius 3 is 2.15 bits per heavy atom. The van der Waals surface area contributed by atoms with Crippen LogP contribution in [0.3, 0.4) is 0 Å². The van der Waals surface area contributed by atoms with Crippen LogP contribution in [0.5, 0.6) is 0 Å². The fraction of sp³-hybridized carbons (Fsp3) is 1.00. The molecule has 0 bridgehead atoms. The molecule has 2 N–H and O–H groups in total. The van der Waals surface area contributed by atoms with Crippen LogP contribution in [0, 0.1) is 11.3 Å². The van der Waals surface area contributed by atoms with E-state index >= 15 is 0 Å². The summed E-state index contributed by atoms with van der Waals surface area (Å²) in [7, 11) is 0. The van der Waals surface area contributed by atoms with Gasteiger partial charge in [0.05, 0.1) is 0 Å². The first-order valence-electron chi connectivity index (χ1n) is 5.23. The van der Waals surface area contributed by atoms with Crippen molar-refractivity contribution in [1.29, 1.82) is 0 Å². The molecular formula is C11H25NS. The number of nitrogens with two attached hydrogens (primary N) is 1.